The fraction of sp³-hybridized carbons (Fsp3) is 0.217. The third-order valence-electron chi connectivity index (χ3n) is 5.55. The number of aliphatic hydroxyl groups excluding tert-OH is 1. The van der Waals surface area contributed by atoms with Gasteiger partial charge in [-0.1, -0.05) is 12.2 Å². The molecule has 0 unspecified atom stereocenters. The summed E-state index contributed by atoms with van der Waals surface area (Å²) in [4.78, 5) is 31.9. The van der Waals surface area contributed by atoms with Crippen LogP contribution in [0.15, 0.2) is 36.4 Å². The number of ether oxygens (including phenoxy) is 2. The van der Waals surface area contributed by atoms with Crippen molar-refractivity contribution in [3.05, 3.63) is 47.5 Å². The van der Waals surface area contributed by atoms with E-state index in [0.29, 0.717) is 46.7 Å². The highest BCUT2D eigenvalue weighted by molar-refractivity contribution is 5.99. The monoisotopic (exact) mass is 494 g/mol. The van der Waals surface area contributed by atoms with Crippen LogP contribution in [0.4, 0.5) is 11.9 Å². The lowest BCUT2D eigenvalue weighted by Crippen LogP contribution is -2.12. The molecule has 188 valence electrons. The summed E-state index contributed by atoms with van der Waals surface area (Å²) in [5, 5.41) is 9.17. The SMILES string of the molecule is COc1cc(C(N)=O)cc2nc(N)n(C/C=C/Cn3c(N)nc4cc(C(N)=O)cc(OCCO)c43)c12. The van der Waals surface area contributed by atoms with Crippen LogP contribution in [-0.2, 0) is 13.1 Å². The maximum absolute atomic E-state index is 11.7. The first-order valence-corrected chi connectivity index (χ1v) is 10.9. The Morgan fingerprint density at radius 1 is 0.889 bits per heavy atom. The standard InChI is InChI=1S/C23H26N8O5/c1-35-16-10-12(20(24)33)8-14-18(16)30(22(26)28-14)4-2-3-5-31-19-15(29-23(31)27)9-13(21(25)34)11-17(19)36-7-6-32/h2-3,8-11,32H,4-7H2,1H3,(H2,24,33)(H2,25,34)(H2,26,28)(H2,27,29)/b3-2+. The van der Waals surface area contributed by atoms with Crippen LogP contribution in [0.3, 0.4) is 0 Å². The van der Waals surface area contributed by atoms with Gasteiger partial charge in [0.05, 0.1) is 24.8 Å². The van der Waals surface area contributed by atoms with Gasteiger partial charge in [0.2, 0.25) is 23.7 Å². The molecular formula is C23H26N8O5. The molecule has 0 bridgehead atoms. The Hall–Kier alpha value is -4.78. The predicted octanol–water partition coefficient (Wildman–Crippen LogP) is 0.384. The number of hydrogen-bond acceptors (Lipinski definition) is 9. The molecule has 13 heteroatoms. The number of primary amides is 2. The van der Waals surface area contributed by atoms with Crippen molar-refractivity contribution in [3.8, 4) is 11.5 Å². The van der Waals surface area contributed by atoms with E-state index in [1.54, 1.807) is 21.3 Å². The lowest BCUT2D eigenvalue weighted by atomic mass is 10.1. The Morgan fingerprint density at radius 2 is 1.36 bits per heavy atom. The van der Waals surface area contributed by atoms with Crippen LogP contribution < -0.4 is 32.4 Å². The van der Waals surface area contributed by atoms with E-state index in [4.69, 9.17) is 37.5 Å². The number of imidazole rings is 2. The van der Waals surface area contributed by atoms with E-state index in [1.165, 1.54) is 19.2 Å². The smallest absolute Gasteiger partial charge is 0.248 e. The zero-order valence-electron chi connectivity index (χ0n) is 19.5. The molecule has 2 heterocycles. The first-order valence-electron chi connectivity index (χ1n) is 10.9. The molecule has 4 rings (SSSR count). The molecule has 0 saturated heterocycles. The number of allylic oxidation sites excluding steroid dienone is 2. The molecule has 0 radical (unpaired) electrons. The maximum atomic E-state index is 11.7. The average molecular weight is 495 g/mol. The van der Waals surface area contributed by atoms with Gasteiger partial charge >= 0.3 is 0 Å². The number of fused-ring (bicyclic) bond motifs is 2. The molecule has 0 saturated carbocycles. The van der Waals surface area contributed by atoms with Crippen LogP contribution in [0.5, 0.6) is 11.5 Å². The molecule has 36 heavy (non-hydrogen) atoms. The number of hydrogen-bond donors (Lipinski definition) is 5. The van der Waals surface area contributed by atoms with Crippen LogP contribution in [0.25, 0.3) is 22.1 Å². The quantitative estimate of drug-likeness (QED) is 0.192. The second-order valence-corrected chi connectivity index (χ2v) is 7.82. The third kappa shape index (κ3) is 4.46. The van der Waals surface area contributed by atoms with E-state index < -0.39 is 11.8 Å². The van der Waals surface area contributed by atoms with Gasteiger partial charge in [0, 0.05) is 24.2 Å². The van der Waals surface area contributed by atoms with Crippen LogP contribution in [-0.4, -0.2) is 56.3 Å². The Labute approximate surface area is 204 Å². The van der Waals surface area contributed by atoms with Gasteiger partial charge in [-0.2, -0.15) is 0 Å². The molecule has 2 amide bonds. The van der Waals surface area contributed by atoms with E-state index in [1.807, 2.05) is 12.2 Å². The van der Waals surface area contributed by atoms with Gasteiger partial charge in [-0.15, -0.1) is 0 Å². The Kier molecular flexibility index (Phi) is 6.65. The zero-order valence-corrected chi connectivity index (χ0v) is 19.5. The molecular weight excluding hydrogens is 468 g/mol. The van der Waals surface area contributed by atoms with Gasteiger partial charge in [-0.3, -0.25) is 9.59 Å². The summed E-state index contributed by atoms with van der Waals surface area (Å²) in [6.07, 6.45) is 3.71. The minimum absolute atomic E-state index is 0.0184. The molecule has 0 atom stereocenters. The van der Waals surface area contributed by atoms with E-state index in [-0.39, 0.29) is 36.2 Å². The molecule has 2 aromatic heterocycles. The highest BCUT2D eigenvalue weighted by atomic mass is 16.5. The molecule has 0 spiro atoms. The van der Waals surface area contributed by atoms with Gasteiger partial charge in [-0.25, -0.2) is 9.97 Å². The van der Waals surface area contributed by atoms with Gasteiger partial charge in [-0.05, 0) is 24.3 Å². The van der Waals surface area contributed by atoms with Crippen LogP contribution in [0.1, 0.15) is 20.7 Å². The number of aromatic nitrogens is 4. The lowest BCUT2D eigenvalue weighted by Gasteiger charge is -2.11. The molecule has 0 aliphatic rings. The molecule has 0 aliphatic heterocycles. The molecule has 0 aliphatic carbocycles. The van der Waals surface area contributed by atoms with Gasteiger partial charge in [0.15, 0.2) is 0 Å². The second kappa shape index (κ2) is 9.84. The summed E-state index contributed by atoms with van der Waals surface area (Å²) in [5.41, 5.74) is 25.6. The van der Waals surface area contributed by atoms with Gasteiger partial charge < -0.3 is 46.6 Å². The predicted molar refractivity (Wildman–Crippen MR) is 134 cm³/mol. The van der Waals surface area contributed by atoms with E-state index in [9.17, 15) is 9.59 Å². The minimum atomic E-state index is -0.637. The summed E-state index contributed by atoms with van der Waals surface area (Å²) in [7, 11) is 1.48. The van der Waals surface area contributed by atoms with Crippen molar-refractivity contribution < 1.29 is 24.2 Å². The van der Waals surface area contributed by atoms with Crippen molar-refractivity contribution in [2.45, 2.75) is 13.1 Å². The zero-order chi connectivity index (χ0) is 26.0. The van der Waals surface area contributed by atoms with Crippen molar-refractivity contribution in [2.24, 2.45) is 11.5 Å². The number of benzene rings is 2. The average Bonchev–Trinajstić information content (AvgIpc) is 3.34. The number of nitrogens with zero attached hydrogens (tertiary/aromatic N) is 4. The fourth-order valence-electron chi connectivity index (χ4n) is 3.93. The summed E-state index contributed by atoms with van der Waals surface area (Å²) >= 11 is 0. The van der Waals surface area contributed by atoms with E-state index in [2.05, 4.69) is 9.97 Å². The summed E-state index contributed by atoms with van der Waals surface area (Å²) in [5.74, 6) is -0.0485. The van der Waals surface area contributed by atoms with Crippen molar-refractivity contribution >= 4 is 45.8 Å². The van der Waals surface area contributed by atoms with Crippen LogP contribution in [0, 0.1) is 0 Å². The molecule has 0 fully saturated rings. The maximum Gasteiger partial charge on any atom is 0.248 e. The van der Waals surface area contributed by atoms with Crippen molar-refractivity contribution in [1.29, 1.82) is 0 Å². The largest absolute Gasteiger partial charge is 0.494 e. The third-order valence-corrected chi connectivity index (χ3v) is 5.55. The topological polar surface area (TPSA) is 213 Å². The van der Waals surface area contributed by atoms with Crippen molar-refractivity contribution in [2.75, 3.05) is 31.8 Å². The molecule has 2 aromatic carbocycles. The van der Waals surface area contributed by atoms with E-state index in [0.717, 1.165) is 0 Å². The summed E-state index contributed by atoms with van der Waals surface area (Å²) in [6.45, 7) is 0.477. The lowest BCUT2D eigenvalue weighted by molar-refractivity contribution is 0.0991. The number of anilines is 2. The normalized spacial score (nSPS) is 11.5. The van der Waals surface area contributed by atoms with Gasteiger partial charge in [0.25, 0.3) is 0 Å². The minimum Gasteiger partial charge on any atom is -0.494 e. The Balaban J connectivity index is 1.65. The highest BCUT2D eigenvalue weighted by Crippen LogP contribution is 2.31. The Morgan fingerprint density at radius 3 is 1.81 bits per heavy atom. The molecule has 13 nitrogen and oxygen atoms in total. The first kappa shape index (κ1) is 24.3. The Bertz CT molecular complexity index is 1500. The number of aliphatic hydroxyl groups is 1. The number of nitrogens with two attached hydrogens (primary N) is 4. The van der Waals surface area contributed by atoms with Crippen LogP contribution in [0.2, 0.25) is 0 Å². The van der Waals surface area contributed by atoms with Crippen molar-refractivity contribution in [3.63, 3.8) is 0 Å². The van der Waals surface area contributed by atoms with E-state index >= 15 is 0 Å². The van der Waals surface area contributed by atoms with Crippen molar-refractivity contribution in [1.82, 2.24) is 19.1 Å². The number of methoxy groups -OCH3 is 1. The molecule has 4 aromatic rings. The number of nitrogen functional groups attached to an aromatic ring is 2. The molecule has 9 N–H and O–H groups in total. The number of rotatable bonds is 10. The first-order chi connectivity index (χ1) is 17.2. The number of carbonyl (C=O) groups is 2. The fourth-order valence-corrected chi connectivity index (χ4v) is 3.93. The number of carbonyl (C=O) groups excluding carboxylic acids is 2. The summed E-state index contributed by atoms with van der Waals surface area (Å²) < 4.78 is 14.5. The second-order valence-electron chi connectivity index (χ2n) is 7.82. The van der Waals surface area contributed by atoms with Gasteiger partial charge in [0.1, 0.15) is 29.1 Å². The summed E-state index contributed by atoms with van der Waals surface area (Å²) in [6, 6.07) is 6.12. The number of amides is 2. The van der Waals surface area contributed by atoms with Crippen LogP contribution >= 0.6 is 0 Å². The highest BCUT2D eigenvalue weighted by Gasteiger charge is 2.18.